The van der Waals surface area contributed by atoms with Crippen LogP contribution in [0.4, 0.5) is 5.95 Å². The second-order valence-electron chi connectivity index (χ2n) is 6.05. The summed E-state index contributed by atoms with van der Waals surface area (Å²) >= 11 is 0. The first-order chi connectivity index (χ1) is 9.49. The van der Waals surface area contributed by atoms with Gasteiger partial charge in [-0.1, -0.05) is 34.1 Å². The molecule has 0 amide bonds. The zero-order valence-corrected chi connectivity index (χ0v) is 13.9. The summed E-state index contributed by atoms with van der Waals surface area (Å²) in [4.78, 5) is 7.00. The maximum Gasteiger partial charge on any atom is 0.205 e. The van der Waals surface area contributed by atoms with Gasteiger partial charge in [-0.3, -0.25) is 0 Å². The number of anilines is 1. The Morgan fingerprint density at radius 2 is 2.05 bits per heavy atom. The van der Waals surface area contributed by atoms with Gasteiger partial charge in [0, 0.05) is 32.4 Å². The molecule has 0 aliphatic rings. The molecule has 0 spiro atoms. The largest absolute Gasteiger partial charge is 0.345 e. The van der Waals surface area contributed by atoms with Crippen molar-refractivity contribution in [2.24, 2.45) is 11.7 Å². The van der Waals surface area contributed by atoms with Gasteiger partial charge in [0.15, 0.2) is 0 Å². The van der Waals surface area contributed by atoms with Crippen molar-refractivity contribution >= 4 is 5.95 Å². The molecule has 116 valence electrons. The van der Waals surface area contributed by atoms with E-state index in [0.717, 1.165) is 31.9 Å². The molecule has 0 saturated carbocycles. The normalized spacial score (nSPS) is 12.9. The van der Waals surface area contributed by atoms with E-state index in [1.165, 1.54) is 18.5 Å². The van der Waals surface area contributed by atoms with Crippen molar-refractivity contribution < 1.29 is 0 Å². The Morgan fingerprint density at radius 1 is 1.35 bits per heavy atom. The lowest BCUT2D eigenvalue weighted by Crippen LogP contribution is -2.32. The van der Waals surface area contributed by atoms with Crippen molar-refractivity contribution in [2.45, 2.75) is 66.0 Å². The molecule has 1 aromatic heterocycles. The van der Waals surface area contributed by atoms with Crippen molar-refractivity contribution in [3.63, 3.8) is 0 Å². The lowest BCUT2D eigenvalue weighted by atomic mass is 10.0. The first-order valence-corrected chi connectivity index (χ1v) is 8.02. The summed E-state index contributed by atoms with van der Waals surface area (Å²) in [5.74, 6) is 1.63. The Labute approximate surface area is 124 Å². The molecule has 20 heavy (non-hydrogen) atoms. The van der Waals surface area contributed by atoms with Crippen molar-refractivity contribution in [3.8, 4) is 0 Å². The van der Waals surface area contributed by atoms with Gasteiger partial charge in [-0.2, -0.15) is 0 Å². The van der Waals surface area contributed by atoms with Gasteiger partial charge in [0.1, 0.15) is 0 Å². The van der Waals surface area contributed by atoms with Crippen LogP contribution in [0.2, 0.25) is 0 Å². The van der Waals surface area contributed by atoms with Crippen LogP contribution in [0.3, 0.4) is 0 Å². The monoisotopic (exact) mass is 280 g/mol. The van der Waals surface area contributed by atoms with Crippen LogP contribution in [0.5, 0.6) is 0 Å². The van der Waals surface area contributed by atoms with Crippen molar-refractivity contribution in [1.82, 2.24) is 9.55 Å². The number of imidazole rings is 1. The van der Waals surface area contributed by atoms with Gasteiger partial charge in [-0.25, -0.2) is 4.98 Å². The standard InChI is InChI=1S/C16H32N4/c1-6-8-10-20-12-14(7-2)18-16(20)19(5)11-9-15(17)13(3)4/h12-13,15H,6-11,17H2,1-5H3. The third-order valence-electron chi connectivity index (χ3n) is 3.92. The van der Waals surface area contributed by atoms with Gasteiger partial charge in [-0.05, 0) is 25.2 Å². The van der Waals surface area contributed by atoms with Gasteiger partial charge in [0.2, 0.25) is 5.95 Å². The predicted octanol–water partition coefficient (Wildman–Crippen LogP) is 3.06. The van der Waals surface area contributed by atoms with E-state index >= 15 is 0 Å². The van der Waals surface area contributed by atoms with Gasteiger partial charge in [0.25, 0.3) is 0 Å². The fraction of sp³-hybridized carbons (Fsp3) is 0.812. The van der Waals surface area contributed by atoms with Crippen molar-refractivity contribution in [3.05, 3.63) is 11.9 Å². The fourth-order valence-electron chi connectivity index (χ4n) is 2.20. The average Bonchev–Trinajstić information content (AvgIpc) is 2.85. The number of rotatable bonds is 9. The molecule has 0 aliphatic heterocycles. The van der Waals surface area contributed by atoms with Crippen LogP contribution in [0.1, 0.15) is 52.7 Å². The minimum Gasteiger partial charge on any atom is -0.345 e. The summed E-state index contributed by atoms with van der Waals surface area (Å²) in [7, 11) is 2.12. The highest BCUT2D eigenvalue weighted by Crippen LogP contribution is 2.16. The highest BCUT2D eigenvalue weighted by molar-refractivity contribution is 5.32. The van der Waals surface area contributed by atoms with Gasteiger partial charge in [0.05, 0.1) is 5.69 Å². The summed E-state index contributed by atoms with van der Waals surface area (Å²) in [6, 6.07) is 0.266. The molecule has 1 atom stereocenters. The second kappa shape index (κ2) is 8.30. The number of hydrogen-bond acceptors (Lipinski definition) is 3. The summed E-state index contributed by atoms with van der Waals surface area (Å²) in [5, 5.41) is 0. The molecule has 0 fully saturated rings. The van der Waals surface area contributed by atoms with E-state index < -0.39 is 0 Å². The first-order valence-electron chi connectivity index (χ1n) is 8.02. The number of unbranched alkanes of at least 4 members (excludes halogenated alkanes) is 1. The highest BCUT2D eigenvalue weighted by atomic mass is 15.3. The molecule has 4 nitrogen and oxygen atoms in total. The number of nitrogens with two attached hydrogens (primary N) is 1. The third kappa shape index (κ3) is 4.82. The molecule has 0 aliphatic carbocycles. The smallest absolute Gasteiger partial charge is 0.205 e. The van der Waals surface area contributed by atoms with E-state index in [2.05, 4.69) is 50.4 Å². The van der Waals surface area contributed by atoms with Crippen molar-refractivity contribution in [2.75, 3.05) is 18.5 Å². The SMILES string of the molecule is CCCCn1cc(CC)nc1N(C)CCC(N)C(C)C. The van der Waals surface area contributed by atoms with E-state index in [1.54, 1.807) is 0 Å². The second-order valence-corrected chi connectivity index (χ2v) is 6.05. The Kier molecular flexibility index (Phi) is 7.06. The van der Waals surface area contributed by atoms with Crippen LogP contribution in [-0.4, -0.2) is 29.2 Å². The quantitative estimate of drug-likeness (QED) is 0.756. The van der Waals surface area contributed by atoms with Gasteiger partial charge < -0.3 is 15.2 Å². The number of aromatic nitrogens is 2. The molecule has 0 radical (unpaired) electrons. The fourth-order valence-corrected chi connectivity index (χ4v) is 2.20. The Balaban J connectivity index is 2.69. The number of nitrogens with zero attached hydrogens (tertiary/aromatic N) is 3. The summed E-state index contributed by atoms with van der Waals surface area (Å²) in [6.07, 6.45) is 6.61. The minimum atomic E-state index is 0.266. The van der Waals surface area contributed by atoms with E-state index in [0.29, 0.717) is 5.92 Å². The number of aryl methyl sites for hydroxylation is 2. The molecule has 0 saturated heterocycles. The molecule has 0 bridgehead atoms. The lowest BCUT2D eigenvalue weighted by Gasteiger charge is -2.23. The van der Waals surface area contributed by atoms with E-state index in [1.807, 2.05) is 0 Å². The zero-order valence-electron chi connectivity index (χ0n) is 13.9. The molecule has 1 unspecified atom stereocenters. The molecular formula is C16H32N4. The van der Waals surface area contributed by atoms with Crippen LogP contribution in [-0.2, 0) is 13.0 Å². The van der Waals surface area contributed by atoms with Crippen LogP contribution < -0.4 is 10.6 Å². The van der Waals surface area contributed by atoms with Crippen LogP contribution in [0, 0.1) is 5.92 Å². The topological polar surface area (TPSA) is 47.1 Å². The lowest BCUT2D eigenvalue weighted by molar-refractivity contribution is 0.464. The summed E-state index contributed by atoms with van der Waals surface area (Å²) < 4.78 is 2.29. The highest BCUT2D eigenvalue weighted by Gasteiger charge is 2.14. The summed E-state index contributed by atoms with van der Waals surface area (Å²) in [6.45, 7) is 10.8. The number of hydrogen-bond donors (Lipinski definition) is 1. The van der Waals surface area contributed by atoms with Gasteiger partial charge in [-0.15, -0.1) is 0 Å². The molecule has 0 aromatic carbocycles. The molecule has 1 rings (SSSR count). The Hall–Kier alpha value is -1.03. The van der Waals surface area contributed by atoms with E-state index in [9.17, 15) is 0 Å². The first kappa shape index (κ1) is 17.0. The average molecular weight is 280 g/mol. The minimum absolute atomic E-state index is 0.266. The van der Waals surface area contributed by atoms with Crippen molar-refractivity contribution in [1.29, 1.82) is 0 Å². The van der Waals surface area contributed by atoms with Crippen LogP contribution >= 0.6 is 0 Å². The molecule has 4 heteroatoms. The third-order valence-corrected chi connectivity index (χ3v) is 3.92. The molecule has 1 heterocycles. The van der Waals surface area contributed by atoms with E-state index in [-0.39, 0.29) is 6.04 Å². The zero-order chi connectivity index (χ0) is 15.1. The van der Waals surface area contributed by atoms with Crippen LogP contribution in [0.15, 0.2) is 6.20 Å². The Bertz CT molecular complexity index is 384. The predicted molar refractivity (Wildman–Crippen MR) is 87.2 cm³/mol. The Morgan fingerprint density at radius 3 is 2.60 bits per heavy atom. The molecule has 2 N–H and O–H groups in total. The van der Waals surface area contributed by atoms with Gasteiger partial charge >= 0.3 is 0 Å². The van der Waals surface area contributed by atoms with Crippen LogP contribution in [0.25, 0.3) is 0 Å². The van der Waals surface area contributed by atoms with E-state index in [4.69, 9.17) is 10.7 Å². The maximum atomic E-state index is 6.14. The molecule has 1 aromatic rings. The summed E-state index contributed by atoms with van der Waals surface area (Å²) in [5.41, 5.74) is 7.32. The maximum absolute atomic E-state index is 6.14. The molecular weight excluding hydrogens is 248 g/mol.